The van der Waals surface area contributed by atoms with Crippen molar-refractivity contribution in [3.05, 3.63) is 23.3 Å². The molecule has 3 heteroatoms. The van der Waals surface area contributed by atoms with Gasteiger partial charge in [0.25, 0.3) is 0 Å². The van der Waals surface area contributed by atoms with Crippen LogP contribution in [0.1, 0.15) is 66.0 Å². The SMILES string of the molecule is CCC(=O)Oc1c(C(C)(C)C)cc(OC)cc1C(C)(C)C. The number of ether oxygens (including phenoxy) is 2. The summed E-state index contributed by atoms with van der Waals surface area (Å²) in [5.74, 6) is 1.26. The second-order valence-electron chi connectivity index (χ2n) is 7.38. The molecule has 21 heavy (non-hydrogen) atoms. The number of hydrogen-bond donors (Lipinski definition) is 0. The molecule has 118 valence electrons. The first kappa shape index (κ1) is 17.5. The van der Waals surface area contributed by atoms with Crippen LogP contribution in [0, 0.1) is 0 Å². The van der Waals surface area contributed by atoms with E-state index in [4.69, 9.17) is 9.47 Å². The monoisotopic (exact) mass is 292 g/mol. The fourth-order valence-electron chi connectivity index (χ4n) is 2.13. The molecule has 0 atom stereocenters. The van der Waals surface area contributed by atoms with Crippen molar-refractivity contribution in [2.45, 2.75) is 65.7 Å². The lowest BCUT2D eigenvalue weighted by Crippen LogP contribution is -2.21. The van der Waals surface area contributed by atoms with Gasteiger partial charge in [-0.3, -0.25) is 4.79 Å². The summed E-state index contributed by atoms with van der Waals surface area (Å²) in [6.45, 7) is 14.5. The van der Waals surface area contributed by atoms with Crippen LogP contribution in [0.2, 0.25) is 0 Å². The fourth-order valence-corrected chi connectivity index (χ4v) is 2.13. The Bertz CT molecular complexity index is 481. The first-order valence-corrected chi connectivity index (χ1v) is 7.44. The molecule has 0 aliphatic rings. The number of rotatable bonds is 3. The molecule has 0 aliphatic heterocycles. The Morgan fingerprint density at radius 1 is 1.00 bits per heavy atom. The molecular weight excluding hydrogens is 264 g/mol. The van der Waals surface area contributed by atoms with E-state index < -0.39 is 0 Å². The number of methoxy groups -OCH3 is 1. The Morgan fingerprint density at radius 2 is 1.43 bits per heavy atom. The quantitative estimate of drug-likeness (QED) is 0.603. The molecule has 0 heterocycles. The van der Waals surface area contributed by atoms with Gasteiger partial charge in [-0.1, -0.05) is 48.5 Å². The third-order valence-corrected chi connectivity index (χ3v) is 3.42. The average Bonchev–Trinajstić information content (AvgIpc) is 2.35. The largest absolute Gasteiger partial charge is 0.497 e. The molecule has 0 unspecified atom stereocenters. The van der Waals surface area contributed by atoms with E-state index >= 15 is 0 Å². The van der Waals surface area contributed by atoms with Gasteiger partial charge in [0, 0.05) is 17.5 Å². The maximum atomic E-state index is 11.8. The van der Waals surface area contributed by atoms with Gasteiger partial charge in [0.2, 0.25) is 0 Å². The maximum Gasteiger partial charge on any atom is 0.310 e. The average molecular weight is 292 g/mol. The van der Waals surface area contributed by atoms with Crippen LogP contribution in [-0.2, 0) is 15.6 Å². The van der Waals surface area contributed by atoms with E-state index in [9.17, 15) is 4.79 Å². The Morgan fingerprint density at radius 3 is 1.71 bits per heavy atom. The van der Waals surface area contributed by atoms with E-state index in [1.165, 1.54) is 0 Å². The van der Waals surface area contributed by atoms with Crippen molar-refractivity contribution in [1.82, 2.24) is 0 Å². The first-order valence-electron chi connectivity index (χ1n) is 7.44. The summed E-state index contributed by atoms with van der Waals surface area (Å²) in [5.41, 5.74) is 1.71. The highest BCUT2D eigenvalue weighted by molar-refractivity contribution is 5.73. The lowest BCUT2D eigenvalue weighted by molar-refractivity contribution is -0.134. The summed E-state index contributed by atoms with van der Waals surface area (Å²) in [6.07, 6.45) is 0.360. The minimum absolute atomic E-state index is 0.141. The van der Waals surface area contributed by atoms with Crippen LogP contribution in [0.4, 0.5) is 0 Å². The van der Waals surface area contributed by atoms with Crippen LogP contribution in [-0.4, -0.2) is 13.1 Å². The van der Waals surface area contributed by atoms with Crippen LogP contribution < -0.4 is 9.47 Å². The standard InChI is InChI=1S/C18H28O3/c1-9-15(19)21-16-13(17(2,3)4)10-12(20-8)11-14(16)18(5,6)7/h10-11H,9H2,1-8H3. The first-order chi connectivity index (χ1) is 9.50. The lowest BCUT2D eigenvalue weighted by Gasteiger charge is -2.29. The molecule has 1 aromatic carbocycles. The van der Waals surface area contributed by atoms with Gasteiger partial charge in [-0.15, -0.1) is 0 Å². The van der Waals surface area contributed by atoms with Gasteiger partial charge in [0.1, 0.15) is 11.5 Å². The van der Waals surface area contributed by atoms with E-state index in [1.807, 2.05) is 12.1 Å². The predicted octanol–water partition coefficient (Wildman–Crippen LogP) is 4.61. The third kappa shape index (κ3) is 4.23. The number of hydrogen-bond acceptors (Lipinski definition) is 3. The summed E-state index contributed by atoms with van der Waals surface area (Å²) < 4.78 is 11.1. The van der Waals surface area contributed by atoms with Crippen molar-refractivity contribution < 1.29 is 14.3 Å². The Labute approximate surface area is 128 Å². The molecule has 0 saturated carbocycles. The molecule has 0 bridgehead atoms. The van der Waals surface area contributed by atoms with Crippen molar-refractivity contribution in [1.29, 1.82) is 0 Å². The molecule has 1 aromatic rings. The second-order valence-corrected chi connectivity index (χ2v) is 7.38. The van der Waals surface area contributed by atoms with Crippen LogP contribution in [0.15, 0.2) is 12.1 Å². The van der Waals surface area contributed by atoms with Crippen LogP contribution >= 0.6 is 0 Å². The highest BCUT2D eigenvalue weighted by Crippen LogP contribution is 2.42. The van der Waals surface area contributed by atoms with Crippen molar-refractivity contribution in [3.63, 3.8) is 0 Å². The maximum absolute atomic E-state index is 11.8. The molecule has 0 radical (unpaired) electrons. The topological polar surface area (TPSA) is 35.5 Å². The highest BCUT2D eigenvalue weighted by atomic mass is 16.5. The van der Waals surface area contributed by atoms with Gasteiger partial charge < -0.3 is 9.47 Å². The van der Waals surface area contributed by atoms with E-state index in [0.717, 1.165) is 16.9 Å². The van der Waals surface area contributed by atoms with Gasteiger partial charge in [-0.05, 0) is 23.0 Å². The third-order valence-electron chi connectivity index (χ3n) is 3.42. The smallest absolute Gasteiger partial charge is 0.310 e. The zero-order valence-electron chi connectivity index (χ0n) is 14.6. The molecular formula is C18H28O3. The van der Waals surface area contributed by atoms with Gasteiger partial charge in [0.05, 0.1) is 7.11 Å². The molecule has 0 fully saturated rings. The number of benzene rings is 1. The minimum atomic E-state index is -0.212. The van der Waals surface area contributed by atoms with E-state index in [1.54, 1.807) is 14.0 Å². The Balaban J connectivity index is 3.63. The van der Waals surface area contributed by atoms with Crippen molar-refractivity contribution in [3.8, 4) is 11.5 Å². The van der Waals surface area contributed by atoms with Crippen molar-refractivity contribution >= 4 is 5.97 Å². The van der Waals surface area contributed by atoms with Gasteiger partial charge >= 0.3 is 5.97 Å². The molecule has 0 aromatic heterocycles. The zero-order chi connectivity index (χ0) is 16.4. The number of esters is 1. The number of carbonyl (C=O) groups is 1. The van der Waals surface area contributed by atoms with E-state index in [0.29, 0.717) is 12.2 Å². The summed E-state index contributed by atoms with van der Waals surface area (Å²) in [4.78, 5) is 11.8. The molecule has 0 saturated heterocycles. The predicted molar refractivity (Wildman–Crippen MR) is 86.3 cm³/mol. The molecule has 0 amide bonds. The summed E-state index contributed by atoms with van der Waals surface area (Å²) in [5, 5.41) is 0. The summed E-state index contributed by atoms with van der Waals surface area (Å²) in [6, 6.07) is 3.93. The Kier molecular flexibility index (Phi) is 5.08. The lowest BCUT2D eigenvalue weighted by atomic mass is 9.79. The van der Waals surface area contributed by atoms with Gasteiger partial charge in [-0.25, -0.2) is 0 Å². The number of carbonyl (C=O) groups excluding carboxylic acids is 1. The van der Waals surface area contributed by atoms with Crippen molar-refractivity contribution in [2.24, 2.45) is 0 Å². The van der Waals surface area contributed by atoms with E-state index in [-0.39, 0.29) is 16.8 Å². The second kappa shape index (κ2) is 6.08. The normalized spacial score (nSPS) is 12.2. The summed E-state index contributed by atoms with van der Waals surface area (Å²) >= 11 is 0. The minimum Gasteiger partial charge on any atom is -0.497 e. The summed E-state index contributed by atoms with van der Waals surface area (Å²) in [7, 11) is 1.66. The molecule has 0 N–H and O–H groups in total. The molecule has 0 aliphatic carbocycles. The Hall–Kier alpha value is -1.51. The molecule has 1 rings (SSSR count). The molecule has 0 spiro atoms. The van der Waals surface area contributed by atoms with Crippen LogP contribution in [0.3, 0.4) is 0 Å². The fraction of sp³-hybridized carbons (Fsp3) is 0.611. The van der Waals surface area contributed by atoms with Gasteiger partial charge in [0.15, 0.2) is 0 Å². The molecule has 3 nitrogen and oxygen atoms in total. The van der Waals surface area contributed by atoms with E-state index in [2.05, 4.69) is 41.5 Å². The van der Waals surface area contributed by atoms with Crippen molar-refractivity contribution in [2.75, 3.05) is 7.11 Å². The van der Waals surface area contributed by atoms with Gasteiger partial charge in [-0.2, -0.15) is 0 Å². The highest BCUT2D eigenvalue weighted by Gasteiger charge is 2.29. The van der Waals surface area contributed by atoms with Crippen LogP contribution in [0.5, 0.6) is 11.5 Å². The zero-order valence-corrected chi connectivity index (χ0v) is 14.6. The van der Waals surface area contributed by atoms with Crippen LogP contribution in [0.25, 0.3) is 0 Å².